The lowest BCUT2D eigenvalue weighted by Crippen LogP contribution is -2.18. The zero-order valence-corrected chi connectivity index (χ0v) is 9.32. The van der Waals surface area contributed by atoms with E-state index in [0.29, 0.717) is 17.4 Å². The van der Waals surface area contributed by atoms with E-state index in [1.165, 1.54) is 13.3 Å². The first kappa shape index (κ1) is 12.3. The van der Waals surface area contributed by atoms with Gasteiger partial charge >= 0.3 is 12.1 Å². The number of anilines is 1. The Hall–Kier alpha value is -1.76. The maximum atomic E-state index is 10.3. The number of hydrogen-bond acceptors (Lipinski definition) is 6. The lowest BCUT2D eigenvalue weighted by atomic mass is 10.5. The fraction of sp³-hybridized carbons (Fsp3) is 0.375. The molecular formula is C8H11ClN4O3. The molecule has 7 nitrogen and oxygen atoms in total. The summed E-state index contributed by atoms with van der Waals surface area (Å²) in [4.78, 5) is 18.0. The van der Waals surface area contributed by atoms with Crippen LogP contribution in [0.3, 0.4) is 0 Å². The molecule has 0 aliphatic heterocycles. The minimum absolute atomic E-state index is 0.123. The van der Waals surface area contributed by atoms with Crippen LogP contribution in [0, 0.1) is 0 Å². The Kier molecular flexibility index (Phi) is 4.59. The molecule has 8 heteroatoms. The second-order valence-electron chi connectivity index (χ2n) is 2.65. The van der Waals surface area contributed by atoms with Gasteiger partial charge < -0.3 is 20.5 Å². The van der Waals surface area contributed by atoms with Crippen LogP contribution in [-0.4, -0.2) is 36.3 Å². The zero-order valence-electron chi connectivity index (χ0n) is 8.57. The molecule has 0 saturated carbocycles. The number of nitrogens with one attached hydrogen (secondary N) is 1. The number of nitrogens with two attached hydrogens (primary N) is 1. The molecule has 1 heterocycles. The second-order valence-corrected chi connectivity index (χ2v) is 3.05. The number of ether oxygens (including phenoxy) is 2. The number of carbonyl (C=O) groups excluding carboxylic acids is 1. The summed E-state index contributed by atoms with van der Waals surface area (Å²) in [7, 11) is 1.45. The van der Waals surface area contributed by atoms with Crippen molar-refractivity contribution in [2.24, 2.45) is 5.73 Å². The van der Waals surface area contributed by atoms with Crippen LogP contribution >= 0.6 is 11.6 Å². The Morgan fingerprint density at radius 2 is 2.44 bits per heavy atom. The molecule has 3 N–H and O–H groups in total. The number of nitrogens with zero attached hydrogens (tertiary/aromatic N) is 2. The van der Waals surface area contributed by atoms with Gasteiger partial charge in [-0.15, -0.1) is 0 Å². The van der Waals surface area contributed by atoms with Gasteiger partial charge in [0.1, 0.15) is 11.6 Å². The number of rotatable bonds is 5. The van der Waals surface area contributed by atoms with Crippen molar-refractivity contribution in [2.45, 2.75) is 0 Å². The lowest BCUT2D eigenvalue weighted by molar-refractivity contribution is 0.161. The van der Waals surface area contributed by atoms with Gasteiger partial charge in [-0.25, -0.2) is 9.78 Å². The smallest absolute Gasteiger partial charge is 0.404 e. The first-order valence-electron chi connectivity index (χ1n) is 4.36. The molecule has 1 amide bonds. The number of aromatic nitrogens is 2. The molecule has 0 aliphatic rings. The summed E-state index contributed by atoms with van der Waals surface area (Å²) < 4.78 is 9.35. The Bertz CT molecular complexity index is 374. The third kappa shape index (κ3) is 3.77. The van der Waals surface area contributed by atoms with Crippen molar-refractivity contribution in [1.29, 1.82) is 0 Å². The van der Waals surface area contributed by atoms with E-state index < -0.39 is 6.09 Å². The average molecular weight is 247 g/mol. The number of hydrogen-bond donors (Lipinski definition) is 2. The monoisotopic (exact) mass is 246 g/mol. The Morgan fingerprint density at radius 1 is 1.69 bits per heavy atom. The largest absolute Gasteiger partial charge is 0.467 e. The maximum Gasteiger partial charge on any atom is 0.404 e. The van der Waals surface area contributed by atoms with E-state index in [1.807, 2.05) is 0 Å². The third-order valence-corrected chi connectivity index (χ3v) is 1.82. The van der Waals surface area contributed by atoms with Crippen LogP contribution in [0.1, 0.15) is 0 Å². The first-order chi connectivity index (χ1) is 7.63. The molecule has 0 bridgehead atoms. The molecule has 0 aliphatic carbocycles. The van der Waals surface area contributed by atoms with E-state index in [9.17, 15) is 4.79 Å². The Labute approximate surface area is 96.9 Å². The molecule has 88 valence electrons. The van der Waals surface area contributed by atoms with Gasteiger partial charge in [0.15, 0.2) is 5.82 Å². The van der Waals surface area contributed by atoms with Gasteiger partial charge in [0.25, 0.3) is 0 Å². The Morgan fingerprint density at radius 3 is 3.06 bits per heavy atom. The van der Waals surface area contributed by atoms with E-state index in [2.05, 4.69) is 20.0 Å². The normalized spacial score (nSPS) is 9.62. The van der Waals surface area contributed by atoms with E-state index in [4.69, 9.17) is 22.1 Å². The van der Waals surface area contributed by atoms with Crippen molar-refractivity contribution in [3.05, 3.63) is 11.2 Å². The standard InChI is InChI=1S/C8H11ClN4O3/c1-15-8-12-4-5(9)6(13-8)11-2-3-16-7(10)14/h4H,2-3H2,1H3,(H2,10,14)(H,11,12,13). The molecule has 0 aromatic carbocycles. The molecule has 1 rings (SSSR count). The van der Waals surface area contributed by atoms with Crippen LogP contribution in [0.5, 0.6) is 6.01 Å². The predicted octanol–water partition coefficient (Wildman–Crippen LogP) is 0.646. The SMILES string of the molecule is COc1ncc(Cl)c(NCCOC(N)=O)n1. The zero-order chi connectivity index (χ0) is 12.0. The number of methoxy groups -OCH3 is 1. The first-order valence-corrected chi connectivity index (χ1v) is 4.74. The molecule has 0 radical (unpaired) electrons. The quantitative estimate of drug-likeness (QED) is 0.740. The van der Waals surface area contributed by atoms with Crippen LogP contribution in [-0.2, 0) is 4.74 Å². The van der Waals surface area contributed by atoms with Gasteiger partial charge in [0, 0.05) is 0 Å². The topological polar surface area (TPSA) is 99.4 Å². The highest BCUT2D eigenvalue weighted by atomic mass is 35.5. The van der Waals surface area contributed by atoms with Gasteiger partial charge in [-0.1, -0.05) is 11.6 Å². The van der Waals surface area contributed by atoms with E-state index in [-0.39, 0.29) is 12.6 Å². The molecule has 1 aromatic rings. The second kappa shape index (κ2) is 5.96. The molecule has 0 unspecified atom stereocenters. The van der Waals surface area contributed by atoms with Gasteiger partial charge in [0.05, 0.1) is 19.9 Å². The van der Waals surface area contributed by atoms with Gasteiger partial charge in [0.2, 0.25) is 0 Å². The highest BCUT2D eigenvalue weighted by Crippen LogP contribution is 2.19. The molecule has 1 aromatic heterocycles. The fourth-order valence-electron chi connectivity index (χ4n) is 0.894. The van der Waals surface area contributed by atoms with Crippen LogP contribution in [0.25, 0.3) is 0 Å². The summed E-state index contributed by atoms with van der Waals surface area (Å²) in [5.74, 6) is 0.404. The van der Waals surface area contributed by atoms with Crippen molar-refractivity contribution in [3.8, 4) is 6.01 Å². The maximum absolute atomic E-state index is 10.3. The fourth-order valence-corrected chi connectivity index (χ4v) is 1.05. The van der Waals surface area contributed by atoms with Crippen molar-refractivity contribution in [3.63, 3.8) is 0 Å². The lowest BCUT2D eigenvalue weighted by Gasteiger charge is -2.07. The van der Waals surface area contributed by atoms with E-state index >= 15 is 0 Å². The van der Waals surface area contributed by atoms with Crippen LogP contribution in [0.4, 0.5) is 10.6 Å². The number of primary amides is 1. The summed E-state index contributed by atoms with van der Waals surface area (Å²) in [6, 6.07) is 0.197. The summed E-state index contributed by atoms with van der Waals surface area (Å²) in [5.41, 5.74) is 4.79. The molecule has 0 saturated heterocycles. The summed E-state index contributed by atoms with van der Waals surface area (Å²) in [5, 5.41) is 3.19. The van der Waals surface area contributed by atoms with Crippen LogP contribution in [0.2, 0.25) is 5.02 Å². The molecule has 16 heavy (non-hydrogen) atoms. The van der Waals surface area contributed by atoms with Crippen molar-refractivity contribution in [1.82, 2.24) is 9.97 Å². The number of halogens is 1. The molecule has 0 atom stereocenters. The van der Waals surface area contributed by atoms with Crippen molar-refractivity contribution in [2.75, 3.05) is 25.6 Å². The number of amides is 1. The van der Waals surface area contributed by atoms with Gasteiger partial charge in [-0.05, 0) is 0 Å². The van der Waals surface area contributed by atoms with E-state index in [0.717, 1.165) is 0 Å². The minimum atomic E-state index is -0.826. The van der Waals surface area contributed by atoms with Crippen molar-refractivity contribution < 1.29 is 14.3 Å². The Balaban J connectivity index is 2.49. The van der Waals surface area contributed by atoms with Crippen LogP contribution in [0.15, 0.2) is 6.20 Å². The van der Waals surface area contributed by atoms with E-state index in [1.54, 1.807) is 0 Å². The van der Waals surface area contributed by atoms with Gasteiger partial charge in [-0.2, -0.15) is 4.98 Å². The number of carbonyl (C=O) groups is 1. The molecule has 0 spiro atoms. The highest BCUT2D eigenvalue weighted by molar-refractivity contribution is 6.32. The van der Waals surface area contributed by atoms with Gasteiger partial charge in [-0.3, -0.25) is 0 Å². The summed E-state index contributed by atoms with van der Waals surface area (Å²) in [6.45, 7) is 0.459. The highest BCUT2D eigenvalue weighted by Gasteiger charge is 2.04. The molecular weight excluding hydrogens is 236 g/mol. The predicted molar refractivity (Wildman–Crippen MR) is 57.6 cm³/mol. The summed E-state index contributed by atoms with van der Waals surface area (Å²) in [6.07, 6.45) is 0.582. The average Bonchev–Trinajstić information content (AvgIpc) is 2.26. The minimum Gasteiger partial charge on any atom is -0.467 e. The summed E-state index contributed by atoms with van der Waals surface area (Å²) >= 11 is 5.82. The van der Waals surface area contributed by atoms with Crippen molar-refractivity contribution >= 4 is 23.5 Å². The third-order valence-electron chi connectivity index (χ3n) is 1.54. The molecule has 0 fully saturated rings. The van der Waals surface area contributed by atoms with Crippen LogP contribution < -0.4 is 15.8 Å².